The molecule has 0 saturated carbocycles. The molecule has 1 aliphatic heterocycles. The third-order valence-corrected chi connectivity index (χ3v) is 5.89. The van der Waals surface area contributed by atoms with E-state index in [0.29, 0.717) is 43.7 Å². The largest absolute Gasteiger partial charge is 0.449 e. The van der Waals surface area contributed by atoms with Gasteiger partial charge in [-0.25, -0.2) is 4.79 Å². The Kier molecular flexibility index (Phi) is 8.36. The van der Waals surface area contributed by atoms with Gasteiger partial charge in [-0.15, -0.1) is 10.2 Å². The van der Waals surface area contributed by atoms with E-state index in [1.54, 1.807) is 4.90 Å². The van der Waals surface area contributed by atoms with E-state index in [1.807, 2.05) is 45.0 Å². The molecule has 1 fully saturated rings. The second-order valence-corrected chi connectivity index (χ2v) is 9.32. The summed E-state index contributed by atoms with van der Waals surface area (Å²) in [6, 6.07) is 8.05. The predicted molar refractivity (Wildman–Crippen MR) is 120 cm³/mol. The van der Waals surface area contributed by atoms with Crippen molar-refractivity contribution in [3.8, 4) is 0 Å². The Balaban J connectivity index is 1.46. The first-order chi connectivity index (χ1) is 14.9. The van der Waals surface area contributed by atoms with Gasteiger partial charge in [0.1, 0.15) is 5.01 Å². The van der Waals surface area contributed by atoms with Crippen LogP contribution in [-0.2, 0) is 17.8 Å². The zero-order valence-electron chi connectivity index (χ0n) is 18.5. The van der Waals surface area contributed by atoms with E-state index < -0.39 is 0 Å². The van der Waals surface area contributed by atoms with Gasteiger partial charge < -0.3 is 15.0 Å². The summed E-state index contributed by atoms with van der Waals surface area (Å²) >= 11 is 1.32. The third-order valence-electron chi connectivity index (χ3n) is 4.98. The van der Waals surface area contributed by atoms with Gasteiger partial charge >= 0.3 is 6.09 Å². The quantitative estimate of drug-likeness (QED) is 0.705. The molecule has 2 aromatic rings. The molecule has 0 bridgehead atoms. The molecule has 1 N–H and O–H groups in total. The van der Waals surface area contributed by atoms with Crippen LogP contribution in [0.1, 0.15) is 46.2 Å². The number of hydrogen-bond acceptors (Lipinski definition) is 7. The fourth-order valence-electron chi connectivity index (χ4n) is 3.21. The lowest BCUT2D eigenvalue weighted by Crippen LogP contribution is -2.36. The van der Waals surface area contributed by atoms with Gasteiger partial charge in [-0.1, -0.05) is 55.0 Å². The van der Waals surface area contributed by atoms with Crippen LogP contribution in [0, 0.1) is 12.8 Å². The van der Waals surface area contributed by atoms with Crippen molar-refractivity contribution >= 4 is 23.3 Å². The lowest BCUT2D eigenvalue weighted by Gasteiger charge is -2.21. The molecule has 1 aromatic carbocycles. The molecule has 1 aliphatic rings. The number of aryl methyl sites for hydroxylation is 1. The summed E-state index contributed by atoms with van der Waals surface area (Å²) in [4.78, 5) is 28.6. The lowest BCUT2D eigenvalue weighted by molar-refractivity contribution is 0.0928. The number of carbonyl (C=O) groups excluding carboxylic acids is 2. The van der Waals surface area contributed by atoms with Gasteiger partial charge in [-0.3, -0.25) is 9.69 Å². The van der Waals surface area contributed by atoms with Crippen molar-refractivity contribution in [2.45, 2.75) is 40.3 Å². The van der Waals surface area contributed by atoms with E-state index in [9.17, 15) is 9.59 Å². The Hall–Kier alpha value is -2.52. The van der Waals surface area contributed by atoms with Crippen LogP contribution < -0.4 is 5.32 Å². The van der Waals surface area contributed by atoms with Crippen LogP contribution in [0.25, 0.3) is 0 Å². The SMILES string of the molecule is Cc1ccc(CNC(=O)c2nnc(CN3CCCN(C(=O)OCC(C)C)CC3)s2)cc1. The van der Waals surface area contributed by atoms with Gasteiger partial charge in [-0.05, 0) is 24.8 Å². The first kappa shape index (κ1) is 23.1. The second kappa shape index (κ2) is 11.2. The monoisotopic (exact) mass is 445 g/mol. The number of nitrogens with zero attached hydrogens (tertiary/aromatic N) is 4. The fraction of sp³-hybridized carbons (Fsp3) is 0.545. The topological polar surface area (TPSA) is 87.7 Å². The van der Waals surface area contributed by atoms with Crippen LogP contribution in [0.2, 0.25) is 0 Å². The highest BCUT2D eigenvalue weighted by Gasteiger charge is 2.22. The second-order valence-electron chi connectivity index (χ2n) is 8.26. The normalized spacial score (nSPS) is 15.0. The van der Waals surface area contributed by atoms with Crippen molar-refractivity contribution in [2.75, 3.05) is 32.8 Å². The maximum Gasteiger partial charge on any atom is 0.409 e. The van der Waals surface area contributed by atoms with E-state index in [4.69, 9.17) is 4.74 Å². The summed E-state index contributed by atoms with van der Waals surface area (Å²) in [5.74, 6) is 0.118. The summed E-state index contributed by atoms with van der Waals surface area (Å²) in [6.45, 7) is 10.5. The number of carbonyl (C=O) groups is 2. The summed E-state index contributed by atoms with van der Waals surface area (Å²) in [5.41, 5.74) is 2.23. The molecule has 0 radical (unpaired) electrons. The van der Waals surface area contributed by atoms with Gasteiger partial charge in [0.05, 0.1) is 13.2 Å². The fourth-order valence-corrected chi connectivity index (χ4v) is 4.00. The van der Waals surface area contributed by atoms with Crippen LogP contribution in [-0.4, -0.2) is 64.8 Å². The highest BCUT2D eigenvalue weighted by atomic mass is 32.1. The van der Waals surface area contributed by atoms with Gasteiger partial charge in [0.15, 0.2) is 0 Å². The van der Waals surface area contributed by atoms with E-state index in [0.717, 1.165) is 30.1 Å². The molecule has 1 aromatic heterocycles. The first-order valence-electron chi connectivity index (χ1n) is 10.7. The minimum absolute atomic E-state index is 0.209. The van der Waals surface area contributed by atoms with Crippen molar-refractivity contribution < 1.29 is 14.3 Å². The van der Waals surface area contributed by atoms with Gasteiger partial charge in [0.2, 0.25) is 5.01 Å². The number of aromatic nitrogens is 2. The Morgan fingerprint density at radius 1 is 1.13 bits per heavy atom. The Bertz CT molecular complexity index is 868. The van der Waals surface area contributed by atoms with Gasteiger partial charge in [0, 0.05) is 32.7 Å². The third kappa shape index (κ3) is 7.29. The van der Waals surface area contributed by atoms with Crippen molar-refractivity contribution in [2.24, 2.45) is 5.92 Å². The van der Waals surface area contributed by atoms with Crippen LogP contribution in [0.5, 0.6) is 0 Å². The molecular weight excluding hydrogens is 414 g/mol. The van der Waals surface area contributed by atoms with Crippen molar-refractivity contribution in [3.63, 3.8) is 0 Å². The van der Waals surface area contributed by atoms with Gasteiger partial charge in [0.25, 0.3) is 5.91 Å². The average molecular weight is 446 g/mol. The minimum Gasteiger partial charge on any atom is -0.449 e. The molecule has 1 saturated heterocycles. The number of benzene rings is 1. The smallest absolute Gasteiger partial charge is 0.409 e. The number of nitrogens with one attached hydrogen (secondary N) is 1. The lowest BCUT2D eigenvalue weighted by atomic mass is 10.1. The number of rotatable bonds is 7. The minimum atomic E-state index is -0.237. The molecule has 3 rings (SSSR count). The molecule has 8 nitrogen and oxygen atoms in total. The molecule has 168 valence electrons. The maximum absolute atomic E-state index is 12.4. The van der Waals surface area contributed by atoms with Gasteiger partial charge in [-0.2, -0.15) is 0 Å². The predicted octanol–water partition coefficient (Wildman–Crippen LogP) is 3.08. The number of amides is 2. The zero-order valence-corrected chi connectivity index (χ0v) is 19.3. The molecule has 9 heteroatoms. The molecule has 0 spiro atoms. The molecule has 0 unspecified atom stereocenters. The Labute approximate surface area is 187 Å². The number of ether oxygens (including phenoxy) is 1. The molecule has 2 amide bonds. The van der Waals surface area contributed by atoms with Crippen LogP contribution in [0.4, 0.5) is 4.79 Å². The molecule has 0 aliphatic carbocycles. The summed E-state index contributed by atoms with van der Waals surface area (Å²) in [5, 5.41) is 12.3. The molecule has 31 heavy (non-hydrogen) atoms. The summed E-state index contributed by atoms with van der Waals surface area (Å²) < 4.78 is 5.35. The van der Waals surface area contributed by atoms with Crippen molar-refractivity contribution in [1.29, 1.82) is 0 Å². The summed E-state index contributed by atoms with van der Waals surface area (Å²) in [7, 11) is 0. The van der Waals surface area contributed by atoms with E-state index in [1.165, 1.54) is 16.9 Å². The molecular formula is C22H31N5O3S. The average Bonchev–Trinajstić information content (AvgIpc) is 3.09. The van der Waals surface area contributed by atoms with Crippen LogP contribution in [0.15, 0.2) is 24.3 Å². The number of hydrogen-bond donors (Lipinski definition) is 1. The first-order valence-corrected chi connectivity index (χ1v) is 11.5. The van der Waals surface area contributed by atoms with Crippen molar-refractivity contribution in [3.05, 3.63) is 45.4 Å². The zero-order chi connectivity index (χ0) is 22.2. The van der Waals surface area contributed by atoms with Crippen LogP contribution >= 0.6 is 11.3 Å². The van der Waals surface area contributed by atoms with E-state index in [-0.39, 0.29) is 12.0 Å². The highest BCUT2D eigenvalue weighted by Crippen LogP contribution is 2.15. The van der Waals surface area contributed by atoms with E-state index >= 15 is 0 Å². The standard InChI is InChI=1S/C22H31N5O3S/c1-16(2)15-30-22(29)27-10-4-9-26(11-12-27)14-19-24-25-21(31-19)20(28)23-13-18-7-5-17(3)6-8-18/h5-8,16H,4,9-15H2,1-3H3,(H,23,28). The van der Waals surface area contributed by atoms with E-state index in [2.05, 4.69) is 20.4 Å². The summed E-state index contributed by atoms with van der Waals surface area (Å²) in [6.07, 6.45) is 0.637. The van der Waals surface area contributed by atoms with Crippen molar-refractivity contribution in [1.82, 2.24) is 25.3 Å². The van der Waals surface area contributed by atoms with Crippen LogP contribution in [0.3, 0.4) is 0 Å². The Morgan fingerprint density at radius 3 is 2.65 bits per heavy atom. The maximum atomic E-state index is 12.4. The molecule has 2 heterocycles. The molecule has 0 atom stereocenters. The highest BCUT2D eigenvalue weighted by molar-refractivity contribution is 7.13. The Morgan fingerprint density at radius 2 is 1.90 bits per heavy atom.